The topological polar surface area (TPSA) is 47.6 Å². The molecule has 3 heteroatoms. The van der Waals surface area contributed by atoms with Crippen LogP contribution in [0.5, 0.6) is 0 Å². The second-order valence-corrected chi connectivity index (χ2v) is 3.66. The molecule has 0 amide bonds. The molecule has 0 saturated carbocycles. The molecule has 0 aliphatic carbocycles. The van der Waals surface area contributed by atoms with Crippen LogP contribution in [-0.2, 0) is 0 Å². The minimum absolute atomic E-state index is 0.531. The number of alkyl halides is 1. The van der Waals surface area contributed by atoms with E-state index < -0.39 is 5.41 Å². The van der Waals surface area contributed by atoms with Crippen LogP contribution in [0.4, 0.5) is 0 Å². The lowest BCUT2D eigenvalue weighted by molar-refractivity contribution is 0.479. The van der Waals surface area contributed by atoms with Gasteiger partial charge in [0.05, 0.1) is 12.1 Å². The number of allylic oxidation sites excluding steroid dienone is 2. The Bertz CT molecular complexity index is 231. The minimum Gasteiger partial charge on any atom is -0.197 e. The van der Waals surface area contributed by atoms with E-state index in [1.165, 1.54) is 0 Å². The summed E-state index contributed by atoms with van der Waals surface area (Å²) in [5, 5.41) is 18.7. The van der Waals surface area contributed by atoms with E-state index in [9.17, 15) is 0 Å². The Morgan fingerprint density at radius 3 is 2.38 bits per heavy atom. The van der Waals surface area contributed by atoms with Crippen LogP contribution >= 0.6 is 15.9 Å². The first kappa shape index (κ1) is 12.2. The Balaban J connectivity index is 4.35. The zero-order valence-electron chi connectivity index (χ0n) is 7.76. The standard InChI is InChI=1S/C10H13BrN2/c1-2-3-5-10(8-12,9-13)6-4-7-11/h2-3H,4-7H2,1H3/b3-2+. The fourth-order valence-corrected chi connectivity index (χ4v) is 1.30. The molecule has 0 fully saturated rings. The summed E-state index contributed by atoms with van der Waals surface area (Å²) in [4.78, 5) is 0. The lowest BCUT2D eigenvalue weighted by Gasteiger charge is -2.14. The van der Waals surface area contributed by atoms with Crippen LogP contribution in [0, 0.1) is 28.1 Å². The Labute approximate surface area is 88.0 Å². The van der Waals surface area contributed by atoms with Gasteiger partial charge in [0.1, 0.15) is 5.41 Å². The van der Waals surface area contributed by atoms with E-state index in [0.717, 1.165) is 11.8 Å². The van der Waals surface area contributed by atoms with Gasteiger partial charge in [-0.15, -0.1) is 0 Å². The molecule has 2 nitrogen and oxygen atoms in total. The molecule has 0 heterocycles. The zero-order valence-corrected chi connectivity index (χ0v) is 9.34. The second kappa shape index (κ2) is 6.69. The Morgan fingerprint density at radius 1 is 1.38 bits per heavy atom. The first-order chi connectivity index (χ1) is 6.24. The maximum Gasteiger partial charge on any atom is 0.147 e. The van der Waals surface area contributed by atoms with E-state index in [2.05, 4.69) is 28.1 Å². The molecule has 0 unspecified atom stereocenters. The van der Waals surface area contributed by atoms with Crippen LogP contribution in [0.25, 0.3) is 0 Å². The molecular weight excluding hydrogens is 228 g/mol. The molecule has 0 rings (SSSR count). The van der Waals surface area contributed by atoms with Gasteiger partial charge in [-0.3, -0.25) is 0 Å². The molecule has 0 aliphatic heterocycles. The zero-order chi connectivity index (χ0) is 10.2. The number of halogens is 1. The molecule has 0 spiro atoms. The molecule has 0 saturated heterocycles. The molecule has 0 aliphatic rings. The summed E-state index contributed by atoms with van der Waals surface area (Å²) in [5.74, 6) is 0. The highest BCUT2D eigenvalue weighted by molar-refractivity contribution is 9.09. The molecule has 0 aromatic carbocycles. The van der Waals surface area contributed by atoms with Crippen LogP contribution in [0.2, 0.25) is 0 Å². The quantitative estimate of drug-likeness (QED) is 0.548. The molecule has 13 heavy (non-hydrogen) atoms. The van der Waals surface area contributed by atoms with E-state index in [4.69, 9.17) is 10.5 Å². The summed E-state index contributed by atoms with van der Waals surface area (Å²) in [6, 6.07) is 4.20. The Morgan fingerprint density at radius 2 is 2.00 bits per heavy atom. The third-order valence-electron chi connectivity index (χ3n) is 1.87. The molecule has 0 bridgehead atoms. The predicted octanol–water partition coefficient (Wildman–Crippen LogP) is 3.16. The first-order valence-corrected chi connectivity index (χ1v) is 5.36. The van der Waals surface area contributed by atoms with Crippen molar-refractivity contribution in [2.75, 3.05) is 5.33 Å². The maximum absolute atomic E-state index is 8.91. The number of hydrogen-bond acceptors (Lipinski definition) is 2. The highest BCUT2D eigenvalue weighted by Crippen LogP contribution is 2.27. The van der Waals surface area contributed by atoms with E-state index in [-0.39, 0.29) is 0 Å². The van der Waals surface area contributed by atoms with Gasteiger partial charge in [-0.1, -0.05) is 28.1 Å². The molecule has 0 radical (unpaired) electrons. The summed E-state index contributed by atoms with van der Waals surface area (Å²) in [7, 11) is 0. The van der Waals surface area contributed by atoms with E-state index >= 15 is 0 Å². The fourth-order valence-electron chi connectivity index (χ4n) is 1.02. The normalized spacial score (nSPS) is 11.1. The van der Waals surface area contributed by atoms with Crippen LogP contribution in [0.1, 0.15) is 26.2 Å². The average Bonchev–Trinajstić information content (AvgIpc) is 2.20. The van der Waals surface area contributed by atoms with E-state index in [1.54, 1.807) is 0 Å². The summed E-state index contributed by atoms with van der Waals surface area (Å²) < 4.78 is 0. The molecular formula is C10H13BrN2. The first-order valence-electron chi connectivity index (χ1n) is 4.24. The van der Waals surface area contributed by atoms with E-state index in [0.29, 0.717) is 12.8 Å². The SMILES string of the molecule is C/C=C/CC(C#N)(C#N)CCCBr. The van der Waals surface area contributed by atoms with Gasteiger partial charge in [0.25, 0.3) is 0 Å². The van der Waals surface area contributed by atoms with Crippen molar-refractivity contribution in [1.82, 2.24) is 0 Å². The summed E-state index contributed by atoms with van der Waals surface area (Å²) in [6.45, 7) is 1.89. The second-order valence-electron chi connectivity index (χ2n) is 2.87. The highest BCUT2D eigenvalue weighted by Gasteiger charge is 2.27. The van der Waals surface area contributed by atoms with Gasteiger partial charge in [0, 0.05) is 5.33 Å². The Hall–Kier alpha value is -0.800. The molecule has 0 aromatic heterocycles. The Kier molecular flexibility index (Phi) is 6.28. The van der Waals surface area contributed by atoms with Crippen molar-refractivity contribution in [2.45, 2.75) is 26.2 Å². The largest absolute Gasteiger partial charge is 0.197 e. The van der Waals surface area contributed by atoms with Crippen molar-refractivity contribution in [1.29, 1.82) is 10.5 Å². The van der Waals surface area contributed by atoms with Gasteiger partial charge in [-0.2, -0.15) is 10.5 Å². The smallest absolute Gasteiger partial charge is 0.147 e. The lowest BCUT2D eigenvalue weighted by Crippen LogP contribution is -2.15. The minimum atomic E-state index is -0.819. The van der Waals surface area contributed by atoms with Crippen molar-refractivity contribution in [3.05, 3.63) is 12.2 Å². The highest BCUT2D eigenvalue weighted by atomic mass is 79.9. The average molecular weight is 241 g/mol. The van der Waals surface area contributed by atoms with Gasteiger partial charge in [0.2, 0.25) is 0 Å². The van der Waals surface area contributed by atoms with Gasteiger partial charge >= 0.3 is 0 Å². The van der Waals surface area contributed by atoms with Crippen LogP contribution in [0.15, 0.2) is 12.2 Å². The maximum atomic E-state index is 8.91. The van der Waals surface area contributed by atoms with Crippen molar-refractivity contribution in [3.63, 3.8) is 0 Å². The van der Waals surface area contributed by atoms with Gasteiger partial charge < -0.3 is 0 Å². The van der Waals surface area contributed by atoms with Crippen LogP contribution < -0.4 is 0 Å². The fraction of sp³-hybridized carbons (Fsp3) is 0.600. The number of rotatable bonds is 5. The van der Waals surface area contributed by atoms with Crippen LogP contribution in [0.3, 0.4) is 0 Å². The number of nitriles is 2. The van der Waals surface area contributed by atoms with Gasteiger partial charge in [-0.25, -0.2) is 0 Å². The van der Waals surface area contributed by atoms with Crippen molar-refractivity contribution in [2.24, 2.45) is 5.41 Å². The summed E-state index contributed by atoms with van der Waals surface area (Å²) >= 11 is 3.29. The predicted molar refractivity (Wildman–Crippen MR) is 56.1 cm³/mol. The molecule has 0 N–H and O–H groups in total. The number of nitrogens with zero attached hydrogens (tertiary/aromatic N) is 2. The third kappa shape index (κ3) is 4.10. The van der Waals surface area contributed by atoms with Gasteiger partial charge in [0.15, 0.2) is 0 Å². The van der Waals surface area contributed by atoms with E-state index in [1.807, 2.05) is 19.1 Å². The number of hydrogen-bond donors (Lipinski definition) is 0. The molecule has 0 atom stereocenters. The van der Waals surface area contributed by atoms with Crippen molar-refractivity contribution in [3.8, 4) is 12.1 Å². The molecule has 0 aromatic rings. The monoisotopic (exact) mass is 240 g/mol. The lowest BCUT2D eigenvalue weighted by atomic mass is 9.83. The van der Waals surface area contributed by atoms with Crippen molar-refractivity contribution >= 4 is 15.9 Å². The van der Waals surface area contributed by atoms with Crippen LogP contribution in [-0.4, -0.2) is 5.33 Å². The third-order valence-corrected chi connectivity index (χ3v) is 2.43. The van der Waals surface area contributed by atoms with Gasteiger partial charge in [-0.05, 0) is 26.2 Å². The summed E-state index contributed by atoms with van der Waals surface area (Å²) in [6.07, 6.45) is 5.77. The van der Waals surface area contributed by atoms with Crippen molar-refractivity contribution < 1.29 is 0 Å². The molecule has 70 valence electrons. The summed E-state index contributed by atoms with van der Waals surface area (Å²) in [5.41, 5.74) is -0.819.